The molecule has 3 rings (SSSR count). The van der Waals surface area contributed by atoms with Gasteiger partial charge in [-0.3, -0.25) is 0 Å². The van der Waals surface area contributed by atoms with Gasteiger partial charge in [0, 0.05) is 12.6 Å². The summed E-state index contributed by atoms with van der Waals surface area (Å²) < 4.78 is 27.2. The number of piperidine rings is 1. The van der Waals surface area contributed by atoms with E-state index in [1.807, 2.05) is 30.3 Å². The van der Waals surface area contributed by atoms with E-state index in [1.54, 1.807) is 0 Å². The molecule has 128 valence electrons. The molecule has 1 aromatic rings. The monoisotopic (exact) mass is 336 g/mol. The molecule has 2 aliphatic rings. The van der Waals surface area contributed by atoms with E-state index in [9.17, 15) is 8.42 Å². The topological polar surface area (TPSA) is 49.4 Å². The summed E-state index contributed by atoms with van der Waals surface area (Å²) in [6.07, 6.45) is 7.70. The molecule has 0 amide bonds. The number of hydrogen-bond donors (Lipinski definition) is 1. The van der Waals surface area contributed by atoms with E-state index < -0.39 is 10.0 Å². The predicted molar refractivity (Wildman–Crippen MR) is 93.6 cm³/mol. The first-order valence-electron chi connectivity index (χ1n) is 8.88. The molecule has 0 radical (unpaired) electrons. The van der Waals surface area contributed by atoms with Crippen molar-refractivity contribution in [1.29, 1.82) is 0 Å². The van der Waals surface area contributed by atoms with Crippen molar-refractivity contribution in [3.8, 4) is 0 Å². The number of rotatable bonds is 6. The molecule has 1 aliphatic carbocycles. The quantitative estimate of drug-likeness (QED) is 0.869. The number of sulfonamides is 1. The molecular formula is C18H28N2O2S. The third kappa shape index (κ3) is 5.03. The highest BCUT2D eigenvalue weighted by molar-refractivity contribution is 7.88. The van der Waals surface area contributed by atoms with Crippen molar-refractivity contribution in [3.05, 3.63) is 35.9 Å². The van der Waals surface area contributed by atoms with Crippen molar-refractivity contribution in [1.82, 2.24) is 9.62 Å². The molecule has 1 aromatic carbocycles. The average molecular weight is 337 g/mol. The van der Waals surface area contributed by atoms with Gasteiger partial charge in [0.25, 0.3) is 0 Å². The van der Waals surface area contributed by atoms with Crippen molar-refractivity contribution in [3.63, 3.8) is 0 Å². The Morgan fingerprint density at radius 3 is 2.30 bits per heavy atom. The SMILES string of the molecule is O=S(=O)(Cc1ccccc1)NCC1CCN(C2CCCC2)CC1. The molecule has 1 aliphatic heterocycles. The van der Waals surface area contributed by atoms with E-state index in [0.717, 1.165) is 37.5 Å². The van der Waals surface area contributed by atoms with Crippen LogP contribution in [0.5, 0.6) is 0 Å². The fraction of sp³-hybridized carbons (Fsp3) is 0.667. The molecule has 0 atom stereocenters. The number of hydrogen-bond acceptors (Lipinski definition) is 3. The van der Waals surface area contributed by atoms with Crippen molar-refractivity contribution < 1.29 is 8.42 Å². The van der Waals surface area contributed by atoms with E-state index in [1.165, 1.54) is 25.7 Å². The maximum absolute atomic E-state index is 12.2. The first kappa shape index (κ1) is 16.9. The van der Waals surface area contributed by atoms with Crippen molar-refractivity contribution in [2.24, 2.45) is 5.92 Å². The van der Waals surface area contributed by atoms with Gasteiger partial charge < -0.3 is 4.90 Å². The van der Waals surface area contributed by atoms with Crippen LogP contribution in [0.4, 0.5) is 0 Å². The third-order valence-corrected chi connectivity index (χ3v) is 6.60. The van der Waals surface area contributed by atoms with Gasteiger partial charge in [0.15, 0.2) is 0 Å². The molecule has 1 heterocycles. The summed E-state index contributed by atoms with van der Waals surface area (Å²) in [6.45, 7) is 2.86. The first-order chi connectivity index (χ1) is 11.1. The van der Waals surface area contributed by atoms with Crippen LogP contribution in [0.1, 0.15) is 44.1 Å². The Balaban J connectivity index is 1.42. The molecular weight excluding hydrogens is 308 g/mol. The summed E-state index contributed by atoms with van der Waals surface area (Å²) in [7, 11) is -3.23. The predicted octanol–water partition coefficient (Wildman–Crippen LogP) is 2.76. The van der Waals surface area contributed by atoms with Gasteiger partial charge in [-0.05, 0) is 50.3 Å². The van der Waals surface area contributed by atoms with Crippen LogP contribution in [0.2, 0.25) is 0 Å². The zero-order valence-electron chi connectivity index (χ0n) is 13.8. The van der Waals surface area contributed by atoms with Crippen molar-refractivity contribution in [2.45, 2.75) is 50.3 Å². The lowest BCUT2D eigenvalue weighted by molar-refractivity contribution is 0.135. The minimum atomic E-state index is -3.23. The zero-order valence-corrected chi connectivity index (χ0v) is 14.6. The molecule has 1 saturated carbocycles. The van der Waals surface area contributed by atoms with Gasteiger partial charge in [-0.1, -0.05) is 43.2 Å². The highest BCUT2D eigenvalue weighted by atomic mass is 32.2. The highest BCUT2D eigenvalue weighted by Crippen LogP contribution is 2.27. The Morgan fingerprint density at radius 2 is 1.65 bits per heavy atom. The Morgan fingerprint density at radius 1 is 1.00 bits per heavy atom. The van der Waals surface area contributed by atoms with E-state index in [-0.39, 0.29) is 5.75 Å². The Kier molecular flexibility index (Phi) is 5.72. The Bertz CT molecular complexity index is 574. The van der Waals surface area contributed by atoms with Crippen molar-refractivity contribution in [2.75, 3.05) is 19.6 Å². The van der Waals surface area contributed by atoms with Crippen LogP contribution >= 0.6 is 0 Å². The highest BCUT2D eigenvalue weighted by Gasteiger charge is 2.27. The molecule has 1 N–H and O–H groups in total. The van der Waals surface area contributed by atoms with Crippen LogP contribution < -0.4 is 4.72 Å². The minimum Gasteiger partial charge on any atom is -0.300 e. The third-order valence-electron chi connectivity index (χ3n) is 5.28. The summed E-state index contributed by atoms with van der Waals surface area (Å²) >= 11 is 0. The Hall–Kier alpha value is -0.910. The second-order valence-electron chi connectivity index (χ2n) is 7.01. The second-order valence-corrected chi connectivity index (χ2v) is 8.82. The number of nitrogens with zero attached hydrogens (tertiary/aromatic N) is 1. The number of benzene rings is 1. The van der Waals surface area contributed by atoms with Crippen LogP contribution in [-0.2, 0) is 15.8 Å². The Labute approximate surface area is 140 Å². The molecule has 1 saturated heterocycles. The lowest BCUT2D eigenvalue weighted by Gasteiger charge is -2.36. The summed E-state index contributed by atoms with van der Waals surface area (Å²) in [5.41, 5.74) is 0.844. The standard InChI is InChI=1S/C18H28N2O2S/c21-23(22,15-17-6-2-1-3-7-17)19-14-16-10-12-20(13-11-16)18-8-4-5-9-18/h1-3,6-7,16,18-19H,4-5,8-15H2. The van der Waals surface area contributed by atoms with Gasteiger partial charge in [0.2, 0.25) is 10.0 Å². The van der Waals surface area contributed by atoms with Crippen LogP contribution in [0, 0.1) is 5.92 Å². The normalized spacial score (nSPS) is 21.7. The smallest absolute Gasteiger partial charge is 0.215 e. The van der Waals surface area contributed by atoms with Crippen LogP contribution in [0.15, 0.2) is 30.3 Å². The summed E-state index contributed by atoms with van der Waals surface area (Å²) in [5.74, 6) is 0.563. The van der Waals surface area contributed by atoms with Crippen molar-refractivity contribution >= 4 is 10.0 Å². The maximum Gasteiger partial charge on any atom is 0.215 e. The lowest BCUT2D eigenvalue weighted by Crippen LogP contribution is -2.42. The molecule has 0 unspecified atom stereocenters. The summed E-state index contributed by atoms with van der Waals surface area (Å²) in [5, 5.41) is 0. The van der Waals surface area contributed by atoms with Gasteiger partial charge >= 0.3 is 0 Å². The van der Waals surface area contributed by atoms with Crippen LogP contribution in [0.25, 0.3) is 0 Å². The zero-order chi connectivity index (χ0) is 16.1. The molecule has 0 spiro atoms. The fourth-order valence-electron chi connectivity index (χ4n) is 3.88. The maximum atomic E-state index is 12.2. The number of nitrogens with one attached hydrogen (secondary N) is 1. The van der Waals surface area contributed by atoms with Gasteiger partial charge in [0.05, 0.1) is 5.75 Å². The lowest BCUT2D eigenvalue weighted by atomic mass is 9.96. The van der Waals surface area contributed by atoms with E-state index in [0.29, 0.717) is 12.5 Å². The first-order valence-corrected chi connectivity index (χ1v) is 10.5. The fourth-order valence-corrected chi connectivity index (χ4v) is 5.10. The van der Waals surface area contributed by atoms with Gasteiger partial charge in [-0.25, -0.2) is 13.1 Å². The molecule has 0 aromatic heterocycles. The number of likely N-dealkylation sites (tertiary alicyclic amines) is 1. The van der Waals surface area contributed by atoms with Crippen LogP contribution in [0.3, 0.4) is 0 Å². The van der Waals surface area contributed by atoms with E-state index in [4.69, 9.17) is 0 Å². The van der Waals surface area contributed by atoms with Gasteiger partial charge in [-0.15, -0.1) is 0 Å². The molecule has 5 heteroatoms. The summed E-state index contributed by atoms with van der Waals surface area (Å²) in [4.78, 5) is 2.63. The minimum absolute atomic E-state index is 0.0781. The van der Waals surface area contributed by atoms with E-state index >= 15 is 0 Å². The average Bonchev–Trinajstić information content (AvgIpc) is 3.09. The second kappa shape index (κ2) is 7.77. The van der Waals surface area contributed by atoms with Crippen LogP contribution in [-0.4, -0.2) is 39.0 Å². The summed E-state index contributed by atoms with van der Waals surface area (Å²) in [6, 6.07) is 10.2. The molecule has 2 fully saturated rings. The van der Waals surface area contributed by atoms with Gasteiger partial charge in [0.1, 0.15) is 0 Å². The largest absolute Gasteiger partial charge is 0.300 e. The van der Waals surface area contributed by atoms with E-state index in [2.05, 4.69) is 9.62 Å². The van der Waals surface area contributed by atoms with Gasteiger partial charge in [-0.2, -0.15) is 0 Å². The molecule has 23 heavy (non-hydrogen) atoms. The molecule has 4 nitrogen and oxygen atoms in total. The molecule has 0 bridgehead atoms.